The molecule has 0 saturated heterocycles. The standard InChI is InChI=1S/C30H44N4O7S/c1-21-18-34(22(2)20-35)29(36)26-17-25(32-30(37)31-24-12-7-6-8-13-24)14-15-27(26)41-23(3)11-9-10-16-40-28(21)19-33(4)42(5,38)39/h6-8,12-15,17,21-23,28,35H,9-11,16,18-20H2,1-5H3,(H2,31,32,37)/t21-,22-,23+,28+/m0/s1. The molecule has 11 nitrogen and oxygen atoms in total. The van der Waals surface area contributed by atoms with Crippen LogP contribution in [-0.4, -0.2) is 92.5 Å². The molecule has 1 heterocycles. The van der Waals surface area contributed by atoms with Crippen LogP contribution in [0.15, 0.2) is 48.5 Å². The van der Waals surface area contributed by atoms with E-state index in [1.165, 1.54) is 11.4 Å². The number of carbonyl (C=O) groups excluding carboxylic acids is 2. The molecule has 3 rings (SSSR count). The van der Waals surface area contributed by atoms with E-state index in [1.807, 2.05) is 32.0 Å². The molecule has 3 N–H and O–H groups in total. The van der Waals surface area contributed by atoms with E-state index in [0.717, 1.165) is 25.5 Å². The molecular formula is C30H44N4O7S. The lowest BCUT2D eigenvalue weighted by Gasteiger charge is -2.35. The zero-order chi connectivity index (χ0) is 30.9. The van der Waals surface area contributed by atoms with Gasteiger partial charge >= 0.3 is 6.03 Å². The fourth-order valence-electron chi connectivity index (χ4n) is 4.67. The average Bonchev–Trinajstić information content (AvgIpc) is 2.94. The van der Waals surface area contributed by atoms with Crippen LogP contribution in [0.5, 0.6) is 5.75 Å². The Morgan fingerprint density at radius 1 is 1.12 bits per heavy atom. The number of fused-ring (bicyclic) bond motifs is 1. The molecule has 3 amide bonds. The summed E-state index contributed by atoms with van der Waals surface area (Å²) in [6.45, 7) is 6.07. The third-order valence-electron chi connectivity index (χ3n) is 7.34. The summed E-state index contributed by atoms with van der Waals surface area (Å²) in [5.74, 6) is -0.271. The second-order valence-corrected chi connectivity index (χ2v) is 13.1. The summed E-state index contributed by atoms with van der Waals surface area (Å²) in [5, 5.41) is 15.6. The van der Waals surface area contributed by atoms with Crippen molar-refractivity contribution in [2.24, 2.45) is 5.92 Å². The van der Waals surface area contributed by atoms with E-state index in [1.54, 1.807) is 42.2 Å². The van der Waals surface area contributed by atoms with Crippen molar-refractivity contribution in [3.8, 4) is 5.75 Å². The Morgan fingerprint density at radius 2 is 1.81 bits per heavy atom. The first-order valence-corrected chi connectivity index (χ1v) is 16.1. The monoisotopic (exact) mass is 604 g/mol. The van der Waals surface area contributed by atoms with Crippen molar-refractivity contribution in [3.05, 3.63) is 54.1 Å². The number of rotatable bonds is 7. The van der Waals surface area contributed by atoms with Gasteiger partial charge in [-0.15, -0.1) is 0 Å². The lowest BCUT2D eigenvalue weighted by Crippen LogP contribution is -2.47. The van der Waals surface area contributed by atoms with Gasteiger partial charge in [0.1, 0.15) is 5.75 Å². The largest absolute Gasteiger partial charge is 0.490 e. The minimum absolute atomic E-state index is 0.135. The van der Waals surface area contributed by atoms with E-state index in [-0.39, 0.29) is 43.2 Å². The van der Waals surface area contributed by atoms with Crippen LogP contribution >= 0.6 is 0 Å². The van der Waals surface area contributed by atoms with E-state index in [0.29, 0.717) is 23.7 Å². The highest BCUT2D eigenvalue weighted by Gasteiger charge is 2.31. The summed E-state index contributed by atoms with van der Waals surface area (Å²) in [7, 11) is -1.93. The summed E-state index contributed by atoms with van der Waals surface area (Å²) >= 11 is 0. The van der Waals surface area contributed by atoms with Crippen LogP contribution in [0.25, 0.3) is 0 Å². The number of hydrogen-bond donors (Lipinski definition) is 3. The minimum Gasteiger partial charge on any atom is -0.490 e. The van der Waals surface area contributed by atoms with Gasteiger partial charge in [0.15, 0.2) is 0 Å². The molecule has 0 aromatic heterocycles. The molecule has 0 aliphatic carbocycles. The average molecular weight is 605 g/mol. The number of likely N-dealkylation sites (N-methyl/N-ethyl adjacent to an activating group) is 1. The zero-order valence-corrected chi connectivity index (χ0v) is 25.9. The molecule has 0 unspecified atom stereocenters. The number of hydrogen-bond acceptors (Lipinski definition) is 7. The highest BCUT2D eigenvalue weighted by atomic mass is 32.2. The molecule has 0 fully saturated rings. The van der Waals surface area contributed by atoms with E-state index >= 15 is 0 Å². The highest BCUT2D eigenvalue weighted by molar-refractivity contribution is 7.88. The third-order valence-corrected chi connectivity index (χ3v) is 8.63. The van der Waals surface area contributed by atoms with Gasteiger partial charge in [-0.3, -0.25) is 4.79 Å². The maximum Gasteiger partial charge on any atom is 0.323 e. The Hall–Kier alpha value is -3.19. The van der Waals surface area contributed by atoms with Crippen molar-refractivity contribution in [3.63, 3.8) is 0 Å². The van der Waals surface area contributed by atoms with Crippen LogP contribution in [0.3, 0.4) is 0 Å². The summed E-state index contributed by atoms with van der Waals surface area (Å²) < 4.78 is 37.9. The summed E-state index contributed by atoms with van der Waals surface area (Å²) in [6.07, 6.45) is 2.78. The molecule has 1 aliphatic rings. The van der Waals surface area contributed by atoms with Crippen molar-refractivity contribution in [2.75, 3.05) is 50.2 Å². The molecule has 42 heavy (non-hydrogen) atoms. The van der Waals surface area contributed by atoms with Crippen LogP contribution in [0.4, 0.5) is 16.2 Å². The molecule has 232 valence electrons. The van der Waals surface area contributed by atoms with Gasteiger partial charge in [-0.1, -0.05) is 25.1 Å². The third kappa shape index (κ3) is 9.69. The fourth-order valence-corrected chi connectivity index (χ4v) is 5.08. The molecule has 0 saturated carbocycles. The van der Waals surface area contributed by atoms with Gasteiger partial charge in [0, 0.05) is 44.0 Å². The molecule has 0 radical (unpaired) electrons. The Morgan fingerprint density at radius 3 is 2.48 bits per heavy atom. The van der Waals surface area contributed by atoms with Crippen LogP contribution in [0, 0.1) is 5.92 Å². The number of aliphatic hydroxyl groups is 1. The lowest BCUT2D eigenvalue weighted by molar-refractivity contribution is -0.00828. The fraction of sp³-hybridized carbons (Fsp3) is 0.533. The molecule has 0 bridgehead atoms. The lowest BCUT2D eigenvalue weighted by atomic mass is 10.0. The smallest absolute Gasteiger partial charge is 0.323 e. The number of amides is 3. The second-order valence-electron chi connectivity index (χ2n) is 11.0. The number of anilines is 2. The van der Waals surface area contributed by atoms with Crippen LogP contribution in [0.2, 0.25) is 0 Å². The van der Waals surface area contributed by atoms with Crippen LogP contribution in [0.1, 0.15) is 50.4 Å². The second kappa shape index (κ2) is 15.3. The normalized spacial score (nSPS) is 21.5. The quantitative estimate of drug-likeness (QED) is 0.434. The predicted molar refractivity (Wildman–Crippen MR) is 163 cm³/mol. The first-order valence-electron chi connectivity index (χ1n) is 14.3. The number of benzene rings is 2. The van der Waals surface area contributed by atoms with E-state index < -0.39 is 28.2 Å². The van der Waals surface area contributed by atoms with Crippen molar-refractivity contribution in [2.45, 2.75) is 58.3 Å². The first-order chi connectivity index (χ1) is 19.9. The van der Waals surface area contributed by atoms with Crippen molar-refractivity contribution < 1.29 is 32.6 Å². The number of nitrogens with one attached hydrogen (secondary N) is 2. The van der Waals surface area contributed by atoms with E-state index in [2.05, 4.69) is 10.6 Å². The van der Waals surface area contributed by atoms with Gasteiger partial charge < -0.3 is 30.1 Å². The first kappa shape index (κ1) is 33.3. The zero-order valence-electron chi connectivity index (χ0n) is 25.1. The maximum atomic E-state index is 14.1. The number of sulfonamides is 1. The van der Waals surface area contributed by atoms with Gasteiger partial charge in [0.25, 0.3) is 5.91 Å². The molecule has 0 spiro atoms. The molecule has 4 atom stereocenters. The summed E-state index contributed by atoms with van der Waals surface area (Å²) in [6, 6.07) is 12.9. The van der Waals surface area contributed by atoms with Gasteiger partial charge in [0.2, 0.25) is 10.0 Å². The van der Waals surface area contributed by atoms with Crippen molar-refractivity contribution in [1.82, 2.24) is 9.21 Å². The number of ether oxygens (including phenoxy) is 2. The van der Waals surface area contributed by atoms with Gasteiger partial charge in [-0.2, -0.15) is 0 Å². The number of para-hydroxylation sites is 1. The molecular weight excluding hydrogens is 560 g/mol. The topological polar surface area (TPSA) is 138 Å². The van der Waals surface area contributed by atoms with E-state index in [9.17, 15) is 23.1 Å². The van der Waals surface area contributed by atoms with Crippen molar-refractivity contribution in [1.29, 1.82) is 0 Å². The van der Waals surface area contributed by atoms with Gasteiger partial charge in [0.05, 0.1) is 36.7 Å². The SMILES string of the molecule is C[C@@H]1CCCCO[C@H](CN(C)S(C)(=O)=O)[C@@H](C)CN([C@@H](C)CO)C(=O)c2cc(NC(=O)Nc3ccccc3)ccc2O1. The Bertz CT molecular complexity index is 1290. The molecule has 1 aliphatic heterocycles. The number of urea groups is 1. The number of aliphatic hydroxyl groups excluding tert-OH is 1. The van der Waals surface area contributed by atoms with Crippen LogP contribution < -0.4 is 15.4 Å². The minimum atomic E-state index is -3.44. The van der Waals surface area contributed by atoms with Gasteiger partial charge in [-0.25, -0.2) is 17.5 Å². The van der Waals surface area contributed by atoms with Gasteiger partial charge in [-0.05, 0) is 63.4 Å². The summed E-state index contributed by atoms with van der Waals surface area (Å²) in [5.41, 5.74) is 1.26. The van der Waals surface area contributed by atoms with Crippen molar-refractivity contribution >= 4 is 33.3 Å². The Labute approximate surface area is 249 Å². The highest BCUT2D eigenvalue weighted by Crippen LogP contribution is 2.28. The Balaban J connectivity index is 1.95. The Kier molecular flexibility index (Phi) is 12.2. The number of carbonyl (C=O) groups is 2. The molecule has 2 aromatic rings. The van der Waals surface area contributed by atoms with Crippen LogP contribution in [-0.2, 0) is 14.8 Å². The predicted octanol–water partition coefficient (Wildman–Crippen LogP) is 4.02. The van der Waals surface area contributed by atoms with E-state index in [4.69, 9.17) is 9.47 Å². The molecule has 12 heteroatoms. The summed E-state index contributed by atoms with van der Waals surface area (Å²) in [4.78, 5) is 28.4. The maximum absolute atomic E-state index is 14.1. The molecule has 2 aromatic carbocycles. The number of nitrogens with zero attached hydrogens (tertiary/aromatic N) is 2.